The van der Waals surface area contributed by atoms with Crippen molar-refractivity contribution in [1.29, 1.82) is 0 Å². The van der Waals surface area contributed by atoms with Crippen LogP contribution >= 0.6 is 23.1 Å². The van der Waals surface area contributed by atoms with Gasteiger partial charge in [0, 0.05) is 21.3 Å². The van der Waals surface area contributed by atoms with E-state index >= 15 is 0 Å². The molecule has 2 heterocycles. The smallest absolute Gasteiger partial charge is 0.256 e. The Morgan fingerprint density at radius 1 is 1.13 bits per heavy atom. The van der Waals surface area contributed by atoms with Crippen molar-refractivity contribution >= 4 is 45.0 Å². The number of fused-ring (bicyclic) bond motifs is 2. The first-order valence-corrected chi connectivity index (χ1v) is 11.8. The maximum absolute atomic E-state index is 13.0. The molecule has 0 atom stereocenters. The lowest BCUT2D eigenvalue weighted by Gasteiger charge is -2.10. The molecule has 1 amide bonds. The predicted octanol–water partition coefficient (Wildman–Crippen LogP) is 5.72. The minimum Gasteiger partial charge on any atom is -0.306 e. The number of carbonyl (C=O) groups excluding carboxylic acids is 1. The molecule has 1 aliphatic carbocycles. The van der Waals surface area contributed by atoms with Crippen molar-refractivity contribution in [2.45, 2.75) is 43.3 Å². The largest absolute Gasteiger partial charge is 0.306 e. The van der Waals surface area contributed by atoms with Crippen molar-refractivity contribution < 1.29 is 4.79 Å². The van der Waals surface area contributed by atoms with Crippen molar-refractivity contribution in [2.75, 3.05) is 5.32 Å². The van der Waals surface area contributed by atoms with Crippen LogP contribution in [0.2, 0.25) is 0 Å². The van der Waals surface area contributed by atoms with Gasteiger partial charge in [-0.05, 0) is 55.7 Å². The van der Waals surface area contributed by atoms with Gasteiger partial charge in [0.25, 0.3) is 5.91 Å². The highest BCUT2D eigenvalue weighted by atomic mass is 32.2. The highest BCUT2D eigenvalue weighted by molar-refractivity contribution is 7.99. The van der Waals surface area contributed by atoms with E-state index in [1.807, 2.05) is 47.1 Å². The van der Waals surface area contributed by atoms with Gasteiger partial charge in [-0.2, -0.15) is 9.78 Å². The monoisotopic (exact) mass is 434 g/mol. The number of nitrogens with one attached hydrogen (secondary N) is 1. The first-order chi connectivity index (χ1) is 14.6. The van der Waals surface area contributed by atoms with E-state index in [4.69, 9.17) is 10.1 Å². The highest BCUT2D eigenvalue weighted by Gasteiger charge is 2.26. The average Bonchev–Trinajstić information content (AvgIpc) is 3.43. The Morgan fingerprint density at radius 3 is 2.70 bits per heavy atom. The van der Waals surface area contributed by atoms with Gasteiger partial charge in [-0.1, -0.05) is 37.3 Å². The summed E-state index contributed by atoms with van der Waals surface area (Å²) in [5.41, 5.74) is 3.79. The molecule has 1 aliphatic rings. The van der Waals surface area contributed by atoms with Crippen LogP contribution in [0.25, 0.3) is 15.3 Å². The highest BCUT2D eigenvalue weighted by Crippen LogP contribution is 2.34. The van der Waals surface area contributed by atoms with E-state index in [0.29, 0.717) is 10.8 Å². The van der Waals surface area contributed by atoms with E-state index in [2.05, 4.69) is 25.2 Å². The Balaban J connectivity index is 1.47. The second kappa shape index (κ2) is 7.89. The average molecular weight is 435 g/mol. The predicted molar refractivity (Wildman–Crippen MR) is 124 cm³/mol. The molecule has 0 spiro atoms. The fraction of sp³-hybridized carbons (Fsp3) is 0.261. The van der Waals surface area contributed by atoms with E-state index < -0.39 is 0 Å². The molecular formula is C23H22N4OS2. The number of aromatic nitrogens is 3. The maximum atomic E-state index is 13.0. The number of thiazole rings is 1. The topological polar surface area (TPSA) is 59.8 Å². The standard InChI is InChI=1S/C23H22N4OS2/c1-14(2)29-16-12-10-15(11-13-16)22(28)25-21-17-6-5-8-18(17)26-27(21)23-24-19-7-3-4-9-20(19)30-23/h3-4,7,9-14H,5-6,8H2,1-2H3,(H,25,28). The lowest BCUT2D eigenvalue weighted by atomic mass is 10.2. The molecule has 152 valence electrons. The number of aryl methyl sites for hydroxylation is 1. The van der Waals surface area contributed by atoms with Gasteiger partial charge in [0.15, 0.2) is 0 Å². The summed E-state index contributed by atoms with van der Waals surface area (Å²) in [5.74, 6) is 0.639. The van der Waals surface area contributed by atoms with Gasteiger partial charge in [-0.25, -0.2) is 4.98 Å². The second-order valence-electron chi connectivity index (χ2n) is 7.65. The van der Waals surface area contributed by atoms with Crippen LogP contribution in [0.4, 0.5) is 5.82 Å². The number of amides is 1. The summed E-state index contributed by atoms with van der Waals surface area (Å²) in [6.07, 6.45) is 2.94. The number of rotatable bonds is 5. The molecule has 0 fully saturated rings. The summed E-state index contributed by atoms with van der Waals surface area (Å²) in [5, 5.41) is 9.22. The van der Waals surface area contributed by atoms with Crippen LogP contribution in [0.3, 0.4) is 0 Å². The summed E-state index contributed by atoms with van der Waals surface area (Å²) in [6, 6.07) is 15.8. The third-order valence-corrected chi connectivity index (χ3v) is 7.12. The van der Waals surface area contributed by atoms with E-state index in [1.54, 1.807) is 23.1 Å². The molecule has 0 saturated heterocycles. The molecule has 4 aromatic rings. The van der Waals surface area contributed by atoms with Gasteiger partial charge >= 0.3 is 0 Å². The summed E-state index contributed by atoms with van der Waals surface area (Å²) in [7, 11) is 0. The van der Waals surface area contributed by atoms with Gasteiger partial charge in [0.1, 0.15) is 5.82 Å². The van der Waals surface area contributed by atoms with Crippen molar-refractivity contribution in [3.05, 3.63) is 65.4 Å². The minimum absolute atomic E-state index is 0.118. The van der Waals surface area contributed by atoms with Crippen molar-refractivity contribution in [2.24, 2.45) is 0 Å². The Morgan fingerprint density at radius 2 is 1.93 bits per heavy atom. The first-order valence-electron chi connectivity index (χ1n) is 10.1. The number of hydrogen-bond donors (Lipinski definition) is 1. The van der Waals surface area contributed by atoms with Crippen molar-refractivity contribution in [1.82, 2.24) is 14.8 Å². The Hall–Kier alpha value is -2.64. The SMILES string of the molecule is CC(C)Sc1ccc(C(=O)Nc2c3c(nn2-c2nc4ccccc4s2)CCC3)cc1. The zero-order valence-electron chi connectivity index (χ0n) is 16.9. The molecule has 0 saturated carbocycles. The van der Waals surface area contributed by atoms with E-state index in [0.717, 1.165) is 51.7 Å². The van der Waals surface area contributed by atoms with Gasteiger partial charge in [0.2, 0.25) is 5.13 Å². The summed E-state index contributed by atoms with van der Waals surface area (Å²) in [4.78, 5) is 18.9. The second-order valence-corrected chi connectivity index (χ2v) is 10.3. The Kier molecular flexibility index (Phi) is 5.08. The van der Waals surface area contributed by atoms with Crippen LogP contribution in [0.5, 0.6) is 0 Å². The quantitative estimate of drug-likeness (QED) is 0.408. The molecular weight excluding hydrogens is 412 g/mol. The number of thioether (sulfide) groups is 1. The van der Waals surface area contributed by atoms with E-state index in [-0.39, 0.29) is 5.91 Å². The van der Waals surface area contributed by atoms with Crippen LogP contribution in [-0.4, -0.2) is 25.9 Å². The van der Waals surface area contributed by atoms with Gasteiger partial charge in [0.05, 0.1) is 15.9 Å². The fourth-order valence-electron chi connectivity index (χ4n) is 3.75. The van der Waals surface area contributed by atoms with E-state index in [9.17, 15) is 4.79 Å². The normalized spacial score (nSPS) is 13.2. The number of anilines is 1. The third kappa shape index (κ3) is 3.63. The number of nitrogens with zero attached hydrogens (tertiary/aromatic N) is 3. The number of hydrogen-bond acceptors (Lipinski definition) is 5. The van der Waals surface area contributed by atoms with E-state index in [1.165, 1.54) is 4.90 Å². The lowest BCUT2D eigenvalue weighted by Crippen LogP contribution is -2.16. The molecule has 30 heavy (non-hydrogen) atoms. The van der Waals surface area contributed by atoms with Gasteiger partial charge < -0.3 is 5.32 Å². The Bertz CT molecular complexity index is 1190. The summed E-state index contributed by atoms with van der Waals surface area (Å²) >= 11 is 3.38. The van der Waals surface area contributed by atoms with Crippen LogP contribution < -0.4 is 5.32 Å². The number of carbonyl (C=O) groups is 1. The molecule has 1 N–H and O–H groups in total. The molecule has 5 nitrogen and oxygen atoms in total. The molecule has 0 unspecified atom stereocenters. The Labute approximate surface area is 183 Å². The number of benzene rings is 2. The van der Waals surface area contributed by atoms with Crippen molar-refractivity contribution in [3.8, 4) is 5.13 Å². The zero-order chi connectivity index (χ0) is 20.7. The third-order valence-electron chi connectivity index (χ3n) is 5.09. The first kappa shape index (κ1) is 19.3. The fourth-order valence-corrected chi connectivity index (χ4v) is 5.51. The summed E-state index contributed by atoms with van der Waals surface area (Å²) in [6.45, 7) is 4.32. The lowest BCUT2D eigenvalue weighted by molar-refractivity contribution is 0.102. The maximum Gasteiger partial charge on any atom is 0.256 e. The molecule has 7 heteroatoms. The molecule has 5 rings (SSSR count). The van der Waals surface area contributed by atoms with Crippen LogP contribution in [0.1, 0.15) is 41.9 Å². The van der Waals surface area contributed by atoms with Crippen molar-refractivity contribution in [3.63, 3.8) is 0 Å². The molecule has 0 aliphatic heterocycles. The zero-order valence-corrected chi connectivity index (χ0v) is 18.5. The van der Waals surface area contributed by atoms with Gasteiger partial charge in [-0.3, -0.25) is 4.79 Å². The molecule has 0 bridgehead atoms. The van der Waals surface area contributed by atoms with Gasteiger partial charge in [-0.15, -0.1) is 11.8 Å². The van der Waals surface area contributed by atoms with Crippen LogP contribution in [0, 0.1) is 0 Å². The molecule has 0 radical (unpaired) electrons. The minimum atomic E-state index is -0.118. The molecule has 2 aromatic carbocycles. The number of para-hydroxylation sites is 1. The summed E-state index contributed by atoms with van der Waals surface area (Å²) < 4.78 is 2.92. The molecule has 2 aromatic heterocycles. The van der Waals surface area contributed by atoms with Crippen LogP contribution in [0.15, 0.2) is 53.4 Å². The van der Waals surface area contributed by atoms with Crippen LogP contribution in [-0.2, 0) is 12.8 Å².